The van der Waals surface area contributed by atoms with Crippen molar-refractivity contribution in [2.24, 2.45) is 5.92 Å². The maximum atomic E-state index is 11.2. The summed E-state index contributed by atoms with van der Waals surface area (Å²) >= 11 is 13.0. The number of piperidine rings is 1. The van der Waals surface area contributed by atoms with Crippen molar-refractivity contribution in [1.29, 1.82) is 0 Å². The molecule has 0 spiro atoms. The third kappa shape index (κ3) is 3.65. The Labute approximate surface area is 206 Å². The third-order valence-corrected chi connectivity index (χ3v) is 7.78. The van der Waals surface area contributed by atoms with Crippen molar-refractivity contribution < 1.29 is 14.6 Å². The number of halogens is 2. The lowest BCUT2D eigenvalue weighted by molar-refractivity contribution is -0.0471. The fourth-order valence-electron chi connectivity index (χ4n) is 5.38. The molecule has 3 aromatic rings. The monoisotopic (exact) mass is 499 g/mol. The zero-order valence-electron chi connectivity index (χ0n) is 18.3. The van der Waals surface area contributed by atoms with Gasteiger partial charge in [-0.25, -0.2) is 19.4 Å². The Morgan fingerprint density at radius 1 is 1.15 bits per heavy atom. The van der Waals surface area contributed by atoms with Gasteiger partial charge in [-0.05, 0) is 61.6 Å². The molecule has 8 nitrogen and oxygen atoms in total. The third-order valence-electron chi connectivity index (χ3n) is 7.17. The van der Waals surface area contributed by atoms with E-state index in [-0.39, 0.29) is 5.82 Å². The van der Waals surface area contributed by atoms with E-state index in [1.807, 2.05) is 29.1 Å². The molecular weight excluding hydrogens is 477 g/mol. The van der Waals surface area contributed by atoms with Crippen LogP contribution in [0.4, 0.5) is 5.69 Å². The number of para-hydroxylation sites is 1. The minimum Gasteiger partial charge on any atom is -0.475 e. The molecule has 1 aliphatic heterocycles. The van der Waals surface area contributed by atoms with Crippen molar-refractivity contribution in [3.05, 3.63) is 63.9 Å². The standard InChI is InChI=1S/C24H23Cl2N5O3/c25-18-2-1-3-19(26)21(18)31-20(17(11-29-31)15-4-5-15)13-34-24-7-6-14(8-24)12-30(24)16-9-27-22(23(32)33)28-10-16/h1-3,9-11,14-15H,4-8,12-13H2,(H,32,33). The Hall–Kier alpha value is -2.68. The summed E-state index contributed by atoms with van der Waals surface area (Å²) in [7, 11) is 0. The van der Waals surface area contributed by atoms with Gasteiger partial charge in [0.05, 0.1) is 46.6 Å². The van der Waals surface area contributed by atoms with E-state index in [0.29, 0.717) is 34.2 Å². The number of hydrogen-bond acceptors (Lipinski definition) is 6. The molecule has 6 rings (SSSR count). The van der Waals surface area contributed by atoms with E-state index in [0.717, 1.165) is 50.0 Å². The van der Waals surface area contributed by atoms with Gasteiger partial charge in [0.1, 0.15) is 11.4 Å². The van der Waals surface area contributed by atoms with Crippen molar-refractivity contribution in [2.75, 3.05) is 11.4 Å². The van der Waals surface area contributed by atoms with Crippen LogP contribution in [0.1, 0.15) is 59.9 Å². The van der Waals surface area contributed by atoms with E-state index in [1.54, 1.807) is 12.4 Å². The van der Waals surface area contributed by atoms with Crippen molar-refractivity contribution in [3.8, 4) is 5.69 Å². The summed E-state index contributed by atoms with van der Waals surface area (Å²) in [4.78, 5) is 21.4. The summed E-state index contributed by atoms with van der Waals surface area (Å²) in [5.74, 6) is -0.346. The molecule has 1 N–H and O–H groups in total. The molecule has 176 valence electrons. The van der Waals surface area contributed by atoms with Gasteiger partial charge in [-0.15, -0.1) is 0 Å². The van der Waals surface area contributed by atoms with Gasteiger partial charge >= 0.3 is 5.97 Å². The van der Waals surface area contributed by atoms with Gasteiger partial charge in [-0.2, -0.15) is 5.10 Å². The normalized spacial score (nSPS) is 23.6. The van der Waals surface area contributed by atoms with Crippen LogP contribution in [0.3, 0.4) is 0 Å². The van der Waals surface area contributed by atoms with Crippen LogP contribution < -0.4 is 4.90 Å². The highest BCUT2D eigenvalue weighted by Crippen LogP contribution is 2.50. The van der Waals surface area contributed by atoms with E-state index in [4.69, 9.17) is 33.0 Å². The minimum absolute atomic E-state index is 0.210. The average Bonchev–Trinajstić information content (AvgIpc) is 3.31. The Morgan fingerprint density at radius 2 is 1.88 bits per heavy atom. The number of rotatable bonds is 7. The molecule has 0 amide bonds. The Kier molecular flexibility index (Phi) is 5.28. The molecule has 1 aromatic carbocycles. The van der Waals surface area contributed by atoms with Gasteiger partial charge in [0, 0.05) is 6.54 Å². The molecule has 2 atom stereocenters. The second kappa shape index (κ2) is 8.22. The summed E-state index contributed by atoms with van der Waals surface area (Å²) in [6.45, 7) is 1.20. The van der Waals surface area contributed by atoms with Gasteiger partial charge in [-0.1, -0.05) is 29.3 Å². The number of hydrogen-bond donors (Lipinski definition) is 1. The highest BCUT2D eigenvalue weighted by molar-refractivity contribution is 6.37. The zero-order chi connectivity index (χ0) is 23.4. The van der Waals surface area contributed by atoms with E-state index < -0.39 is 11.7 Å². The van der Waals surface area contributed by atoms with Crippen molar-refractivity contribution in [1.82, 2.24) is 19.7 Å². The number of benzene rings is 1. The first-order chi connectivity index (χ1) is 16.4. The molecule has 3 fully saturated rings. The number of carbonyl (C=O) groups is 1. The highest BCUT2D eigenvalue weighted by atomic mass is 35.5. The van der Waals surface area contributed by atoms with Crippen LogP contribution in [0, 0.1) is 5.92 Å². The summed E-state index contributed by atoms with van der Waals surface area (Å²) in [6.07, 6.45) is 10.2. The molecule has 3 aliphatic rings. The molecule has 10 heteroatoms. The summed E-state index contributed by atoms with van der Waals surface area (Å²) in [5.41, 5.74) is 3.11. The molecule has 34 heavy (non-hydrogen) atoms. The fourth-order valence-corrected chi connectivity index (χ4v) is 5.94. The lowest BCUT2D eigenvalue weighted by atomic mass is 10.1. The number of ether oxygens (including phenoxy) is 1. The SMILES string of the molecule is O=C(O)c1ncc(N2CC3CCC2(OCc2c(C4CC4)cnn2-c2c(Cl)cccc2Cl)C3)cn1. The molecule has 0 radical (unpaired) electrons. The number of nitrogens with zero attached hydrogens (tertiary/aromatic N) is 5. The quantitative estimate of drug-likeness (QED) is 0.484. The fraction of sp³-hybridized carbons (Fsp3) is 0.417. The number of fused-ring (bicyclic) bond motifs is 2. The van der Waals surface area contributed by atoms with Crippen LogP contribution in [0.5, 0.6) is 0 Å². The minimum atomic E-state index is -1.14. The number of anilines is 1. The van der Waals surface area contributed by atoms with Gasteiger partial charge in [0.15, 0.2) is 0 Å². The van der Waals surface area contributed by atoms with Crippen LogP contribution in [0.25, 0.3) is 5.69 Å². The van der Waals surface area contributed by atoms with E-state index >= 15 is 0 Å². The molecule has 3 heterocycles. The summed E-state index contributed by atoms with van der Waals surface area (Å²) in [5, 5.41) is 14.9. The molecule has 1 saturated heterocycles. The van der Waals surface area contributed by atoms with Gasteiger partial charge in [-0.3, -0.25) is 0 Å². The Balaban J connectivity index is 1.32. The number of aromatic carboxylic acids is 1. The Morgan fingerprint density at radius 3 is 2.53 bits per heavy atom. The van der Waals surface area contributed by atoms with Crippen LogP contribution in [0.15, 0.2) is 36.8 Å². The number of carboxylic acids is 1. The maximum Gasteiger partial charge on any atom is 0.373 e. The number of carboxylic acid groups (broad SMARTS) is 1. The molecule has 2 bridgehead atoms. The molecule has 2 aliphatic carbocycles. The summed E-state index contributed by atoms with van der Waals surface area (Å²) in [6, 6.07) is 5.44. The van der Waals surface area contributed by atoms with E-state index in [1.165, 1.54) is 5.56 Å². The zero-order valence-corrected chi connectivity index (χ0v) is 19.8. The first-order valence-electron chi connectivity index (χ1n) is 11.4. The highest BCUT2D eigenvalue weighted by Gasteiger charge is 2.52. The Bertz CT molecular complexity index is 1240. The van der Waals surface area contributed by atoms with Crippen molar-refractivity contribution >= 4 is 34.9 Å². The van der Waals surface area contributed by atoms with Gasteiger partial charge in [0.2, 0.25) is 5.82 Å². The van der Waals surface area contributed by atoms with Gasteiger partial charge < -0.3 is 14.7 Å². The largest absolute Gasteiger partial charge is 0.475 e. The second-order valence-electron chi connectivity index (χ2n) is 9.33. The second-order valence-corrected chi connectivity index (χ2v) is 10.1. The first-order valence-corrected chi connectivity index (χ1v) is 12.2. The molecule has 2 saturated carbocycles. The molecule has 2 unspecified atom stereocenters. The molecular formula is C24H23Cl2N5O3. The van der Waals surface area contributed by atoms with Crippen molar-refractivity contribution in [2.45, 2.75) is 50.4 Å². The number of aromatic nitrogens is 4. The predicted octanol–water partition coefficient (Wildman–Crippen LogP) is 5.08. The predicted molar refractivity (Wildman–Crippen MR) is 127 cm³/mol. The van der Waals surface area contributed by atoms with Crippen molar-refractivity contribution in [3.63, 3.8) is 0 Å². The van der Waals surface area contributed by atoms with Crippen LogP contribution in [-0.4, -0.2) is 43.1 Å². The summed E-state index contributed by atoms with van der Waals surface area (Å²) < 4.78 is 8.56. The van der Waals surface area contributed by atoms with Gasteiger partial charge in [0.25, 0.3) is 0 Å². The van der Waals surface area contributed by atoms with E-state index in [2.05, 4.69) is 20.0 Å². The van der Waals surface area contributed by atoms with E-state index in [9.17, 15) is 4.79 Å². The lowest BCUT2D eigenvalue weighted by Crippen LogP contribution is -2.47. The topological polar surface area (TPSA) is 93.4 Å². The smallest absolute Gasteiger partial charge is 0.373 e. The molecule has 2 aromatic heterocycles. The van der Waals surface area contributed by atoms with Crippen LogP contribution in [0.2, 0.25) is 10.0 Å². The maximum absolute atomic E-state index is 11.2. The lowest BCUT2D eigenvalue weighted by Gasteiger charge is -2.40. The van der Waals surface area contributed by atoms with Crippen LogP contribution >= 0.6 is 23.2 Å². The first kappa shape index (κ1) is 21.8. The average molecular weight is 500 g/mol. The van der Waals surface area contributed by atoms with Crippen LogP contribution in [-0.2, 0) is 11.3 Å².